The molecule has 1 aromatic carbocycles. The zero-order chi connectivity index (χ0) is 15.5. The van der Waals surface area contributed by atoms with Gasteiger partial charge in [0, 0.05) is 5.56 Å². The smallest absolute Gasteiger partial charge is 0.255 e. The van der Waals surface area contributed by atoms with Crippen molar-refractivity contribution in [2.75, 3.05) is 16.8 Å². The second kappa shape index (κ2) is 6.79. The Bertz CT molecular complexity index is 641. The van der Waals surface area contributed by atoms with Crippen molar-refractivity contribution in [2.24, 2.45) is 0 Å². The van der Waals surface area contributed by atoms with E-state index in [2.05, 4.69) is 27.6 Å². The first-order valence-corrected chi connectivity index (χ1v) is 9.41. The first-order chi connectivity index (χ1) is 10.6. The van der Waals surface area contributed by atoms with Gasteiger partial charge in [0.05, 0.1) is 21.7 Å². The van der Waals surface area contributed by atoms with Gasteiger partial charge in [-0.3, -0.25) is 9.89 Å². The zero-order valence-corrected chi connectivity index (χ0v) is 14.3. The minimum absolute atomic E-state index is 0.0944. The first-order valence-electron chi connectivity index (χ1n) is 7.31. The molecule has 2 N–H and O–H groups in total. The monoisotopic (exact) mass is 333 g/mol. The predicted octanol–water partition coefficient (Wildman–Crippen LogP) is 4.15. The molecule has 0 radical (unpaired) electrons. The highest BCUT2D eigenvalue weighted by atomic mass is 32.2. The molecule has 22 heavy (non-hydrogen) atoms. The summed E-state index contributed by atoms with van der Waals surface area (Å²) in [5, 5.41) is 9.90. The molecule has 2 heterocycles. The van der Waals surface area contributed by atoms with Crippen molar-refractivity contribution in [3.05, 3.63) is 46.8 Å². The Labute approximate surface area is 138 Å². The number of hydrogen-bond donors (Lipinski definition) is 2. The maximum absolute atomic E-state index is 12.3. The number of rotatable bonds is 3. The van der Waals surface area contributed by atoms with E-state index in [-0.39, 0.29) is 5.91 Å². The molecule has 2 aromatic rings. The minimum Gasteiger partial charge on any atom is -0.319 e. The molecule has 1 aliphatic rings. The van der Waals surface area contributed by atoms with Crippen LogP contribution in [0.15, 0.2) is 24.3 Å². The summed E-state index contributed by atoms with van der Waals surface area (Å²) in [4.78, 5) is 12.3. The van der Waals surface area contributed by atoms with Crippen molar-refractivity contribution >= 4 is 35.1 Å². The third kappa shape index (κ3) is 3.33. The fourth-order valence-electron chi connectivity index (χ4n) is 2.39. The molecule has 1 saturated heterocycles. The van der Waals surface area contributed by atoms with E-state index in [0.29, 0.717) is 10.1 Å². The van der Waals surface area contributed by atoms with E-state index < -0.39 is 0 Å². The number of thioether (sulfide) groups is 2. The van der Waals surface area contributed by atoms with Gasteiger partial charge in [0.2, 0.25) is 0 Å². The predicted molar refractivity (Wildman–Crippen MR) is 94.7 cm³/mol. The number of anilines is 1. The van der Waals surface area contributed by atoms with Crippen LogP contribution >= 0.6 is 23.5 Å². The third-order valence-corrected chi connectivity index (χ3v) is 6.65. The second-order valence-corrected chi connectivity index (χ2v) is 8.04. The van der Waals surface area contributed by atoms with Crippen molar-refractivity contribution < 1.29 is 4.79 Å². The molecule has 1 fully saturated rings. The lowest BCUT2D eigenvalue weighted by molar-refractivity contribution is 0.102. The van der Waals surface area contributed by atoms with E-state index in [4.69, 9.17) is 0 Å². The number of aryl methyl sites for hydroxylation is 2. The number of carbonyl (C=O) groups excluding carboxylic acids is 1. The van der Waals surface area contributed by atoms with Crippen molar-refractivity contribution in [3.8, 4) is 0 Å². The number of aromatic amines is 1. The summed E-state index contributed by atoms with van der Waals surface area (Å²) >= 11 is 3.98. The van der Waals surface area contributed by atoms with Gasteiger partial charge in [-0.25, -0.2) is 0 Å². The summed E-state index contributed by atoms with van der Waals surface area (Å²) in [7, 11) is 0. The van der Waals surface area contributed by atoms with Gasteiger partial charge in [0.15, 0.2) is 0 Å². The van der Waals surface area contributed by atoms with Crippen molar-refractivity contribution in [2.45, 2.75) is 24.9 Å². The molecule has 0 spiro atoms. The Morgan fingerprint density at radius 1 is 1.23 bits per heavy atom. The molecule has 1 amide bonds. The molecular weight excluding hydrogens is 314 g/mol. The summed E-state index contributed by atoms with van der Waals surface area (Å²) < 4.78 is 0.504. The summed E-state index contributed by atoms with van der Waals surface area (Å²) in [6, 6.07) is 7.95. The van der Waals surface area contributed by atoms with Gasteiger partial charge >= 0.3 is 0 Å². The number of nitrogens with zero attached hydrogens (tertiary/aromatic N) is 1. The van der Waals surface area contributed by atoms with Gasteiger partial charge in [-0.05, 0) is 49.5 Å². The van der Waals surface area contributed by atoms with E-state index >= 15 is 0 Å². The molecular formula is C16H19N3OS2. The Morgan fingerprint density at radius 2 is 1.91 bits per heavy atom. The molecule has 0 saturated carbocycles. The third-order valence-electron chi connectivity index (χ3n) is 3.64. The Morgan fingerprint density at radius 3 is 2.50 bits per heavy atom. The SMILES string of the molecule is Cc1n[nH]c(C)c1NC(=O)c1ccc(C2SCCCS2)cc1. The van der Waals surface area contributed by atoms with E-state index in [1.165, 1.54) is 23.5 Å². The summed E-state index contributed by atoms with van der Waals surface area (Å²) in [6.07, 6.45) is 1.29. The van der Waals surface area contributed by atoms with Gasteiger partial charge in [-0.2, -0.15) is 5.10 Å². The lowest BCUT2D eigenvalue weighted by Crippen LogP contribution is -2.13. The van der Waals surface area contributed by atoms with Gasteiger partial charge in [0.1, 0.15) is 0 Å². The van der Waals surface area contributed by atoms with E-state index in [0.717, 1.165) is 17.1 Å². The van der Waals surface area contributed by atoms with Crippen LogP contribution in [0.3, 0.4) is 0 Å². The van der Waals surface area contributed by atoms with Crippen LogP contribution in [-0.4, -0.2) is 27.6 Å². The molecule has 0 aliphatic carbocycles. The van der Waals surface area contributed by atoms with Crippen LogP contribution in [0.1, 0.15) is 38.3 Å². The molecule has 1 aliphatic heterocycles. The first kappa shape index (κ1) is 15.5. The van der Waals surface area contributed by atoms with Crippen LogP contribution in [-0.2, 0) is 0 Å². The van der Waals surface area contributed by atoms with Crippen LogP contribution in [0.2, 0.25) is 0 Å². The average Bonchev–Trinajstić information content (AvgIpc) is 2.88. The molecule has 1 aromatic heterocycles. The topological polar surface area (TPSA) is 57.8 Å². The Hall–Kier alpha value is -1.40. The minimum atomic E-state index is -0.0944. The Balaban J connectivity index is 1.71. The van der Waals surface area contributed by atoms with Crippen LogP contribution in [0.25, 0.3) is 0 Å². The molecule has 4 nitrogen and oxygen atoms in total. The summed E-state index contributed by atoms with van der Waals surface area (Å²) in [5.41, 5.74) is 4.42. The largest absolute Gasteiger partial charge is 0.319 e. The van der Waals surface area contributed by atoms with Crippen molar-refractivity contribution in [1.82, 2.24) is 10.2 Å². The van der Waals surface area contributed by atoms with Gasteiger partial charge in [0.25, 0.3) is 5.91 Å². The van der Waals surface area contributed by atoms with Crippen LogP contribution in [0.5, 0.6) is 0 Å². The van der Waals surface area contributed by atoms with Crippen molar-refractivity contribution in [3.63, 3.8) is 0 Å². The molecule has 0 atom stereocenters. The zero-order valence-electron chi connectivity index (χ0n) is 12.7. The number of nitrogens with one attached hydrogen (secondary N) is 2. The maximum Gasteiger partial charge on any atom is 0.255 e. The average molecular weight is 333 g/mol. The molecule has 6 heteroatoms. The standard InChI is InChI=1S/C16H19N3OS2/c1-10-14(11(2)19-18-10)17-15(20)12-4-6-13(7-5-12)16-21-8-3-9-22-16/h4-7,16H,3,8-9H2,1-2H3,(H,17,20)(H,18,19). The lowest BCUT2D eigenvalue weighted by atomic mass is 10.1. The fraction of sp³-hybridized carbons (Fsp3) is 0.375. The number of carbonyl (C=O) groups is 1. The number of aromatic nitrogens is 2. The molecule has 116 valence electrons. The summed E-state index contributed by atoms with van der Waals surface area (Å²) in [6.45, 7) is 3.77. The van der Waals surface area contributed by atoms with E-state index in [1.54, 1.807) is 0 Å². The van der Waals surface area contributed by atoms with E-state index in [1.807, 2.05) is 49.5 Å². The highest BCUT2D eigenvalue weighted by Crippen LogP contribution is 2.43. The Kier molecular flexibility index (Phi) is 4.78. The second-order valence-electron chi connectivity index (χ2n) is 5.31. The molecule has 0 unspecified atom stereocenters. The molecule has 0 bridgehead atoms. The number of hydrogen-bond acceptors (Lipinski definition) is 4. The van der Waals surface area contributed by atoms with Crippen LogP contribution < -0.4 is 5.32 Å². The number of benzene rings is 1. The van der Waals surface area contributed by atoms with Gasteiger partial charge < -0.3 is 5.32 Å². The van der Waals surface area contributed by atoms with Crippen molar-refractivity contribution in [1.29, 1.82) is 0 Å². The van der Waals surface area contributed by atoms with Crippen LogP contribution in [0, 0.1) is 13.8 Å². The summed E-state index contributed by atoms with van der Waals surface area (Å²) in [5.74, 6) is 2.35. The quantitative estimate of drug-likeness (QED) is 0.886. The van der Waals surface area contributed by atoms with E-state index in [9.17, 15) is 4.79 Å². The van der Waals surface area contributed by atoms with Gasteiger partial charge in [-0.1, -0.05) is 12.1 Å². The highest BCUT2D eigenvalue weighted by molar-refractivity contribution is 8.16. The molecule has 3 rings (SSSR count). The number of amides is 1. The lowest BCUT2D eigenvalue weighted by Gasteiger charge is -2.21. The highest BCUT2D eigenvalue weighted by Gasteiger charge is 2.17. The number of H-pyrrole nitrogens is 1. The fourth-order valence-corrected chi connectivity index (χ4v) is 5.29. The maximum atomic E-state index is 12.3. The van der Waals surface area contributed by atoms with Crippen LogP contribution in [0.4, 0.5) is 5.69 Å². The normalized spacial score (nSPS) is 15.7. The van der Waals surface area contributed by atoms with Gasteiger partial charge in [-0.15, -0.1) is 23.5 Å².